The van der Waals surface area contributed by atoms with Crippen LogP contribution in [0.1, 0.15) is 19.3 Å². The predicted octanol–water partition coefficient (Wildman–Crippen LogP) is 0.863. The third-order valence-electron chi connectivity index (χ3n) is 2.62. The van der Waals surface area contributed by atoms with Crippen molar-refractivity contribution < 1.29 is 0 Å². The summed E-state index contributed by atoms with van der Waals surface area (Å²) in [6, 6.07) is 0. The Hall–Kier alpha value is -0.500. The summed E-state index contributed by atoms with van der Waals surface area (Å²) >= 11 is 0. The fraction of sp³-hybridized carbons (Fsp3) is 0.778. The van der Waals surface area contributed by atoms with E-state index in [2.05, 4.69) is 16.7 Å². The van der Waals surface area contributed by atoms with Crippen molar-refractivity contribution in [3.05, 3.63) is 11.8 Å². The van der Waals surface area contributed by atoms with Gasteiger partial charge in [-0.3, -0.25) is 0 Å². The van der Waals surface area contributed by atoms with Crippen LogP contribution in [-0.2, 0) is 0 Å². The second-order valence-electron chi connectivity index (χ2n) is 3.40. The van der Waals surface area contributed by atoms with Gasteiger partial charge in [-0.15, -0.1) is 0 Å². The molecule has 0 spiro atoms. The first-order valence-electron chi connectivity index (χ1n) is 4.61. The van der Waals surface area contributed by atoms with E-state index in [4.69, 9.17) is 0 Å². The van der Waals surface area contributed by atoms with Crippen LogP contribution in [0, 0.1) is 5.92 Å². The van der Waals surface area contributed by atoms with Crippen molar-refractivity contribution in [2.45, 2.75) is 19.3 Å². The molecule has 0 amide bonds. The molecule has 0 aromatic heterocycles. The summed E-state index contributed by atoms with van der Waals surface area (Å²) in [7, 11) is 0. The number of nitrogens with one attached hydrogen (secondary N) is 2. The minimum atomic E-state index is 0.832. The molecule has 2 heteroatoms. The molecule has 0 aliphatic carbocycles. The molecule has 1 fully saturated rings. The minimum absolute atomic E-state index is 0.832. The average molecular weight is 152 g/mol. The summed E-state index contributed by atoms with van der Waals surface area (Å²) in [6.45, 7) is 3.56. The topological polar surface area (TPSA) is 24.1 Å². The zero-order chi connectivity index (χ0) is 7.52. The Bertz CT molecular complexity index is 157. The van der Waals surface area contributed by atoms with Crippen LogP contribution in [0.25, 0.3) is 0 Å². The van der Waals surface area contributed by atoms with Crippen LogP contribution in [0.2, 0.25) is 0 Å². The lowest BCUT2D eigenvalue weighted by Gasteiger charge is -2.23. The van der Waals surface area contributed by atoms with Crippen LogP contribution in [0.3, 0.4) is 0 Å². The van der Waals surface area contributed by atoms with Gasteiger partial charge in [-0.25, -0.2) is 0 Å². The van der Waals surface area contributed by atoms with E-state index in [1.807, 2.05) is 0 Å². The van der Waals surface area contributed by atoms with Gasteiger partial charge >= 0.3 is 0 Å². The Morgan fingerprint density at radius 2 is 2.00 bits per heavy atom. The van der Waals surface area contributed by atoms with Crippen molar-refractivity contribution >= 4 is 0 Å². The maximum Gasteiger partial charge on any atom is 0.0179 e. The van der Waals surface area contributed by atoms with Crippen LogP contribution in [0.5, 0.6) is 0 Å². The van der Waals surface area contributed by atoms with Gasteiger partial charge in [0.25, 0.3) is 0 Å². The van der Waals surface area contributed by atoms with Gasteiger partial charge in [-0.05, 0) is 32.4 Å². The van der Waals surface area contributed by atoms with E-state index < -0.39 is 0 Å². The van der Waals surface area contributed by atoms with Crippen LogP contribution in [0.15, 0.2) is 11.8 Å². The Morgan fingerprint density at radius 3 is 2.64 bits per heavy atom. The quantitative estimate of drug-likeness (QED) is 0.582. The molecule has 2 heterocycles. The summed E-state index contributed by atoms with van der Waals surface area (Å²) in [4.78, 5) is 0. The normalized spacial score (nSPS) is 26.4. The molecule has 62 valence electrons. The van der Waals surface area contributed by atoms with E-state index in [9.17, 15) is 0 Å². The lowest BCUT2D eigenvalue weighted by molar-refractivity contribution is 0.407. The van der Waals surface area contributed by atoms with Gasteiger partial charge in [0.15, 0.2) is 0 Å². The van der Waals surface area contributed by atoms with E-state index >= 15 is 0 Å². The van der Waals surface area contributed by atoms with Gasteiger partial charge in [0.2, 0.25) is 0 Å². The monoisotopic (exact) mass is 152 g/mol. The molecular formula is C9H16N2. The Morgan fingerprint density at radius 1 is 1.18 bits per heavy atom. The fourth-order valence-electron chi connectivity index (χ4n) is 1.96. The molecule has 11 heavy (non-hydrogen) atoms. The van der Waals surface area contributed by atoms with Crippen molar-refractivity contribution in [3.63, 3.8) is 0 Å². The van der Waals surface area contributed by atoms with Crippen molar-refractivity contribution in [1.29, 1.82) is 0 Å². The number of hydrogen-bond donors (Lipinski definition) is 2. The number of rotatable bonds is 1. The Kier molecular flexibility index (Phi) is 2.13. The molecule has 2 aliphatic rings. The standard InChI is InChI=1S/C9H16N2/c1-2-9(11-5-1)8-3-6-10-7-4-8/h2,8,10-11H,1,3-7H2. The van der Waals surface area contributed by atoms with Crippen LogP contribution in [-0.4, -0.2) is 19.6 Å². The van der Waals surface area contributed by atoms with Gasteiger partial charge in [-0.2, -0.15) is 0 Å². The smallest absolute Gasteiger partial charge is 0.0179 e. The second-order valence-corrected chi connectivity index (χ2v) is 3.40. The highest BCUT2D eigenvalue weighted by Crippen LogP contribution is 2.21. The average Bonchev–Trinajstić information content (AvgIpc) is 2.58. The first-order valence-corrected chi connectivity index (χ1v) is 4.61. The van der Waals surface area contributed by atoms with Gasteiger partial charge in [-0.1, -0.05) is 6.08 Å². The number of hydrogen-bond acceptors (Lipinski definition) is 2. The molecule has 1 saturated heterocycles. The van der Waals surface area contributed by atoms with Gasteiger partial charge in [0.05, 0.1) is 0 Å². The summed E-state index contributed by atoms with van der Waals surface area (Å²) in [5, 5.41) is 6.84. The number of piperidine rings is 1. The summed E-state index contributed by atoms with van der Waals surface area (Å²) in [6.07, 6.45) is 6.24. The van der Waals surface area contributed by atoms with Crippen molar-refractivity contribution in [2.24, 2.45) is 5.92 Å². The number of allylic oxidation sites excluding steroid dienone is 1. The van der Waals surface area contributed by atoms with E-state index in [-0.39, 0.29) is 0 Å². The third-order valence-corrected chi connectivity index (χ3v) is 2.62. The molecular weight excluding hydrogens is 136 g/mol. The highest BCUT2D eigenvalue weighted by atomic mass is 14.9. The molecule has 0 bridgehead atoms. The third kappa shape index (κ3) is 1.56. The van der Waals surface area contributed by atoms with E-state index in [1.165, 1.54) is 44.6 Å². The van der Waals surface area contributed by atoms with Crippen molar-refractivity contribution in [3.8, 4) is 0 Å². The molecule has 2 aliphatic heterocycles. The van der Waals surface area contributed by atoms with Crippen molar-refractivity contribution in [1.82, 2.24) is 10.6 Å². The van der Waals surface area contributed by atoms with E-state index in [0.717, 1.165) is 5.92 Å². The summed E-state index contributed by atoms with van der Waals surface area (Å²) < 4.78 is 0. The molecule has 0 unspecified atom stereocenters. The Balaban J connectivity index is 1.92. The van der Waals surface area contributed by atoms with Gasteiger partial charge in [0, 0.05) is 18.2 Å². The Labute approximate surface area is 68.1 Å². The van der Waals surface area contributed by atoms with Crippen LogP contribution in [0.4, 0.5) is 0 Å². The van der Waals surface area contributed by atoms with Crippen LogP contribution < -0.4 is 10.6 Å². The highest BCUT2D eigenvalue weighted by molar-refractivity contribution is 5.10. The first kappa shape index (κ1) is 7.17. The minimum Gasteiger partial charge on any atom is -0.388 e. The zero-order valence-corrected chi connectivity index (χ0v) is 6.90. The summed E-state index contributed by atoms with van der Waals surface area (Å²) in [5.41, 5.74) is 1.52. The SMILES string of the molecule is C1=C(C2CCNCC2)NCC1. The van der Waals surface area contributed by atoms with Gasteiger partial charge in [0.1, 0.15) is 0 Å². The van der Waals surface area contributed by atoms with Crippen LogP contribution >= 0.6 is 0 Å². The predicted molar refractivity (Wildman–Crippen MR) is 46.3 cm³/mol. The lowest BCUT2D eigenvalue weighted by atomic mass is 9.95. The summed E-state index contributed by atoms with van der Waals surface area (Å²) in [5.74, 6) is 0.832. The first-order chi connectivity index (χ1) is 5.47. The highest BCUT2D eigenvalue weighted by Gasteiger charge is 2.18. The van der Waals surface area contributed by atoms with Gasteiger partial charge < -0.3 is 10.6 Å². The maximum atomic E-state index is 3.46. The van der Waals surface area contributed by atoms with E-state index in [0.29, 0.717) is 0 Å². The lowest BCUT2D eigenvalue weighted by Crippen LogP contribution is -2.31. The molecule has 0 saturated carbocycles. The van der Waals surface area contributed by atoms with Crippen molar-refractivity contribution in [2.75, 3.05) is 19.6 Å². The molecule has 0 aromatic rings. The maximum absolute atomic E-state index is 3.46. The molecule has 2 rings (SSSR count). The molecule has 0 atom stereocenters. The largest absolute Gasteiger partial charge is 0.388 e. The zero-order valence-electron chi connectivity index (χ0n) is 6.90. The molecule has 0 radical (unpaired) electrons. The molecule has 2 nitrogen and oxygen atoms in total. The second kappa shape index (κ2) is 3.26. The molecule has 2 N–H and O–H groups in total. The fourth-order valence-corrected chi connectivity index (χ4v) is 1.96. The van der Waals surface area contributed by atoms with E-state index in [1.54, 1.807) is 0 Å². The molecule has 0 aromatic carbocycles.